The summed E-state index contributed by atoms with van der Waals surface area (Å²) in [4.78, 5) is 25.3. The molecule has 0 spiro atoms. The fourth-order valence-corrected chi connectivity index (χ4v) is 2.90. The van der Waals surface area contributed by atoms with Crippen molar-refractivity contribution in [2.24, 2.45) is 5.92 Å². The van der Waals surface area contributed by atoms with Gasteiger partial charge in [0.2, 0.25) is 5.91 Å². The van der Waals surface area contributed by atoms with E-state index >= 15 is 0 Å². The van der Waals surface area contributed by atoms with Crippen LogP contribution in [0.25, 0.3) is 0 Å². The minimum atomic E-state index is -1.50. The number of hydrogen-bond donors (Lipinski definition) is 2. The molecule has 2 fully saturated rings. The zero-order valence-corrected chi connectivity index (χ0v) is 13.7. The summed E-state index contributed by atoms with van der Waals surface area (Å²) < 4.78 is 39.1. The number of benzene rings is 1. The van der Waals surface area contributed by atoms with Crippen LogP contribution in [0, 0.1) is 23.4 Å². The topological polar surface area (TPSA) is 61.4 Å². The quantitative estimate of drug-likeness (QED) is 0.793. The maximum absolute atomic E-state index is 13.1. The minimum Gasteiger partial charge on any atom is -0.350 e. The molecule has 0 aromatic heterocycles. The van der Waals surface area contributed by atoms with Gasteiger partial charge in [0.1, 0.15) is 0 Å². The first kappa shape index (κ1) is 17.6. The van der Waals surface area contributed by atoms with E-state index in [4.69, 9.17) is 0 Å². The third-order valence-electron chi connectivity index (χ3n) is 4.72. The summed E-state index contributed by atoms with van der Waals surface area (Å²) in [7, 11) is 0. The molecule has 1 aliphatic carbocycles. The molecule has 3 rings (SSSR count). The predicted molar refractivity (Wildman–Crippen MR) is 84.3 cm³/mol. The second-order valence-corrected chi connectivity index (χ2v) is 6.59. The molecule has 5 nitrogen and oxygen atoms in total. The van der Waals surface area contributed by atoms with Crippen LogP contribution in [0.2, 0.25) is 0 Å². The van der Waals surface area contributed by atoms with Gasteiger partial charge in [0, 0.05) is 25.6 Å². The summed E-state index contributed by atoms with van der Waals surface area (Å²) in [6.07, 6.45) is 3.16. The molecule has 2 aliphatic rings. The highest BCUT2D eigenvalue weighted by Gasteiger charge is 2.34. The van der Waals surface area contributed by atoms with Crippen LogP contribution < -0.4 is 10.6 Å². The van der Waals surface area contributed by atoms with Gasteiger partial charge in [0.25, 0.3) is 0 Å². The molecule has 25 heavy (non-hydrogen) atoms. The molecule has 3 amide bonds. The number of carbonyl (C=O) groups excluding carboxylic acids is 2. The molecular weight excluding hydrogens is 335 g/mol. The molecule has 1 aliphatic heterocycles. The molecule has 8 heteroatoms. The molecule has 136 valence electrons. The fourth-order valence-electron chi connectivity index (χ4n) is 2.90. The standard InChI is InChI=1S/C17H20F3N3O2/c18-13-6-10(7-14(19)15(13)20)4-5-21-17(25)23-8-12(9-23)22-16(24)11-2-1-3-11/h6-7,11-12H,1-5,8-9H2,(H,21,25)(H,22,24). The van der Waals surface area contributed by atoms with Crippen LogP contribution in [-0.2, 0) is 11.2 Å². The smallest absolute Gasteiger partial charge is 0.317 e. The number of urea groups is 1. The van der Waals surface area contributed by atoms with E-state index in [1.807, 2.05) is 0 Å². The Morgan fingerprint density at radius 3 is 2.32 bits per heavy atom. The third kappa shape index (κ3) is 4.05. The minimum absolute atomic E-state index is 0.0147. The average Bonchev–Trinajstić information content (AvgIpc) is 2.46. The molecule has 1 heterocycles. The van der Waals surface area contributed by atoms with Crippen LogP contribution in [-0.4, -0.2) is 42.5 Å². The summed E-state index contributed by atoms with van der Waals surface area (Å²) in [6.45, 7) is 1.08. The number of carbonyl (C=O) groups is 2. The molecular formula is C17H20F3N3O2. The van der Waals surface area contributed by atoms with E-state index in [1.165, 1.54) is 0 Å². The lowest BCUT2D eigenvalue weighted by molar-refractivity contribution is -0.129. The van der Waals surface area contributed by atoms with Crippen molar-refractivity contribution in [2.75, 3.05) is 19.6 Å². The van der Waals surface area contributed by atoms with E-state index in [0.717, 1.165) is 31.4 Å². The zero-order chi connectivity index (χ0) is 18.0. The van der Waals surface area contributed by atoms with E-state index in [9.17, 15) is 22.8 Å². The summed E-state index contributed by atoms with van der Waals surface area (Å²) in [5, 5.41) is 5.56. The van der Waals surface area contributed by atoms with E-state index in [-0.39, 0.29) is 42.4 Å². The van der Waals surface area contributed by atoms with Gasteiger partial charge < -0.3 is 15.5 Å². The molecule has 1 aromatic rings. The lowest BCUT2D eigenvalue weighted by atomic mass is 9.84. The van der Waals surface area contributed by atoms with Crippen LogP contribution in [0.4, 0.5) is 18.0 Å². The first-order valence-corrected chi connectivity index (χ1v) is 8.40. The van der Waals surface area contributed by atoms with Gasteiger partial charge in [-0.05, 0) is 37.0 Å². The van der Waals surface area contributed by atoms with Crippen molar-refractivity contribution in [1.29, 1.82) is 0 Å². The lowest BCUT2D eigenvalue weighted by Gasteiger charge is -2.40. The number of hydrogen-bond acceptors (Lipinski definition) is 2. The van der Waals surface area contributed by atoms with Crippen molar-refractivity contribution in [3.63, 3.8) is 0 Å². The second kappa shape index (κ2) is 7.33. The summed E-state index contributed by atoms with van der Waals surface area (Å²) in [5.41, 5.74) is 0.269. The SMILES string of the molecule is O=C(NC1CN(C(=O)NCCc2cc(F)c(F)c(F)c2)C1)C1CCC1. The number of nitrogens with zero attached hydrogens (tertiary/aromatic N) is 1. The van der Waals surface area contributed by atoms with Crippen LogP contribution in [0.15, 0.2) is 12.1 Å². The van der Waals surface area contributed by atoms with Gasteiger partial charge in [-0.15, -0.1) is 0 Å². The van der Waals surface area contributed by atoms with E-state index in [1.54, 1.807) is 4.90 Å². The molecule has 2 N–H and O–H groups in total. The first-order chi connectivity index (χ1) is 11.9. The van der Waals surface area contributed by atoms with Gasteiger partial charge in [-0.3, -0.25) is 4.79 Å². The maximum atomic E-state index is 13.1. The van der Waals surface area contributed by atoms with Crippen molar-refractivity contribution in [3.8, 4) is 0 Å². The molecule has 0 radical (unpaired) electrons. The van der Waals surface area contributed by atoms with Crippen LogP contribution in [0.3, 0.4) is 0 Å². The van der Waals surface area contributed by atoms with Gasteiger partial charge >= 0.3 is 6.03 Å². The maximum Gasteiger partial charge on any atom is 0.317 e. The molecule has 0 unspecified atom stereocenters. The summed E-state index contributed by atoms with van der Waals surface area (Å²) >= 11 is 0. The number of rotatable bonds is 5. The van der Waals surface area contributed by atoms with Crippen molar-refractivity contribution < 1.29 is 22.8 Å². The fraction of sp³-hybridized carbons (Fsp3) is 0.529. The Balaban J connectivity index is 1.36. The largest absolute Gasteiger partial charge is 0.350 e. The number of halogens is 3. The van der Waals surface area contributed by atoms with E-state index in [0.29, 0.717) is 13.1 Å². The Bertz CT molecular complexity index is 650. The Hall–Kier alpha value is -2.25. The number of nitrogens with one attached hydrogen (secondary N) is 2. The zero-order valence-electron chi connectivity index (χ0n) is 13.7. The van der Waals surface area contributed by atoms with Gasteiger partial charge in [0.15, 0.2) is 17.5 Å². The normalized spacial score (nSPS) is 17.6. The Kier molecular flexibility index (Phi) is 5.15. The Morgan fingerprint density at radius 1 is 1.12 bits per heavy atom. The summed E-state index contributed by atoms with van der Waals surface area (Å²) in [5.74, 6) is -3.79. The highest BCUT2D eigenvalue weighted by molar-refractivity contribution is 5.80. The third-order valence-corrected chi connectivity index (χ3v) is 4.72. The molecule has 0 atom stereocenters. The second-order valence-electron chi connectivity index (χ2n) is 6.59. The van der Waals surface area contributed by atoms with E-state index < -0.39 is 17.5 Å². The first-order valence-electron chi connectivity index (χ1n) is 8.40. The lowest BCUT2D eigenvalue weighted by Crippen LogP contribution is -2.63. The highest BCUT2D eigenvalue weighted by atomic mass is 19.2. The molecule has 1 saturated heterocycles. The molecule has 1 aromatic carbocycles. The number of amides is 3. The molecule has 0 bridgehead atoms. The van der Waals surface area contributed by atoms with Crippen molar-refractivity contribution >= 4 is 11.9 Å². The monoisotopic (exact) mass is 355 g/mol. The number of likely N-dealkylation sites (tertiary alicyclic amines) is 1. The van der Waals surface area contributed by atoms with Gasteiger partial charge in [-0.25, -0.2) is 18.0 Å². The van der Waals surface area contributed by atoms with Crippen LogP contribution in [0.1, 0.15) is 24.8 Å². The van der Waals surface area contributed by atoms with Crippen molar-refractivity contribution in [3.05, 3.63) is 35.1 Å². The summed E-state index contributed by atoms with van der Waals surface area (Å²) in [6, 6.07) is 1.52. The predicted octanol–water partition coefficient (Wildman–Crippen LogP) is 1.96. The van der Waals surface area contributed by atoms with Gasteiger partial charge in [-0.1, -0.05) is 6.42 Å². The van der Waals surface area contributed by atoms with Gasteiger partial charge in [0.05, 0.1) is 6.04 Å². The molecule has 1 saturated carbocycles. The van der Waals surface area contributed by atoms with Crippen molar-refractivity contribution in [2.45, 2.75) is 31.7 Å². The van der Waals surface area contributed by atoms with Crippen LogP contribution >= 0.6 is 0 Å². The highest BCUT2D eigenvalue weighted by Crippen LogP contribution is 2.26. The van der Waals surface area contributed by atoms with E-state index in [2.05, 4.69) is 10.6 Å². The van der Waals surface area contributed by atoms with Crippen LogP contribution in [0.5, 0.6) is 0 Å². The Labute approximate surface area is 143 Å². The average molecular weight is 355 g/mol. The van der Waals surface area contributed by atoms with Gasteiger partial charge in [-0.2, -0.15) is 0 Å². The Morgan fingerprint density at radius 2 is 1.76 bits per heavy atom. The van der Waals surface area contributed by atoms with Crippen molar-refractivity contribution in [1.82, 2.24) is 15.5 Å².